The van der Waals surface area contributed by atoms with Crippen LogP contribution >= 0.6 is 0 Å². The lowest BCUT2D eigenvalue weighted by Gasteiger charge is -2.11. The van der Waals surface area contributed by atoms with E-state index in [1.807, 2.05) is 6.08 Å². The molecule has 0 aromatic heterocycles. The Labute approximate surface area is 86.8 Å². The van der Waals surface area contributed by atoms with Crippen LogP contribution in [0.25, 0.3) is 0 Å². The average Bonchev–Trinajstić information content (AvgIpc) is 2.20. The summed E-state index contributed by atoms with van der Waals surface area (Å²) in [6.45, 7) is 7.90. The maximum absolute atomic E-state index is 3.68. The Bertz CT molecular complexity index is 253. The molecule has 1 nitrogen and oxygen atoms in total. The first-order valence-electron chi connectivity index (χ1n) is 5.18. The van der Waals surface area contributed by atoms with Crippen LogP contribution in [0.4, 0.5) is 0 Å². The van der Waals surface area contributed by atoms with Gasteiger partial charge in [-0.2, -0.15) is 0 Å². The van der Waals surface area contributed by atoms with Crippen LogP contribution in [0.15, 0.2) is 43.0 Å². The Hall–Kier alpha value is -1.08. The molecule has 1 aromatic carbocycles. The van der Waals surface area contributed by atoms with Gasteiger partial charge in [0, 0.05) is 6.54 Å². The third-order valence-electron chi connectivity index (χ3n) is 2.21. The van der Waals surface area contributed by atoms with Gasteiger partial charge in [-0.3, -0.25) is 0 Å². The summed E-state index contributed by atoms with van der Waals surface area (Å²) in [4.78, 5) is 0. The van der Waals surface area contributed by atoms with Crippen LogP contribution < -0.4 is 5.32 Å². The van der Waals surface area contributed by atoms with Crippen LogP contribution in [-0.2, 0) is 6.42 Å². The molecule has 0 amide bonds. The second kappa shape index (κ2) is 6.39. The molecule has 0 bridgehead atoms. The maximum atomic E-state index is 3.68. The van der Waals surface area contributed by atoms with Gasteiger partial charge >= 0.3 is 0 Å². The molecular formula is C13H19N. The van der Waals surface area contributed by atoms with E-state index >= 15 is 0 Å². The van der Waals surface area contributed by atoms with Crippen molar-refractivity contribution < 1.29 is 0 Å². The number of nitrogens with one attached hydrogen (secondary N) is 1. The lowest BCUT2D eigenvalue weighted by molar-refractivity contribution is 0.529. The number of hydrogen-bond acceptors (Lipinski definition) is 1. The second-order valence-corrected chi connectivity index (χ2v) is 3.74. The number of hydrogen-bond donors (Lipinski definition) is 1. The molecular weight excluding hydrogens is 170 g/mol. The molecule has 0 heterocycles. The first-order valence-corrected chi connectivity index (χ1v) is 5.18. The van der Waals surface area contributed by atoms with Gasteiger partial charge in [-0.1, -0.05) is 43.3 Å². The molecule has 0 saturated carbocycles. The summed E-state index contributed by atoms with van der Waals surface area (Å²) in [5, 5.41) is 3.34. The van der Waals surface area contributed by atoms with Gasteiger partial charge in [0.2, 0.25) is 0 Å². The van der Waals surface area contributed by atoms with Crippen LogP contribution in [-0.4, -0.2) is 13.1 Å². The van der Waals surface area contributed by atoms with E-state index in [1.165, 1.54) is 5.56 Å². The summed E-state index contributed by atoms with van der Waals surface area (Å²) in [5.74, 6) is 0.678. The van der Waals surface area contributed by atoms with Crippen molar-refractivity contribution in [2.45, 2.75) is 13.3 Å². The third kappa shape index (κ3) is 4.24. The highest BCUT2D eigenvalue weighted by Crippen LogP contribution is 2.06. The summed E-state index contributed by atoms with van der Waals surface area (Å²) in [7, 11) is 0. The third-order valence-corrected chi connectivity index (χ3v) is 2.21. The zero-order chi connectivity index (χ0) is 10.2. The molecule has 0 aliphatic carbocycles. The van der Waals surface area contributed by atoms with E-state index < -0.39 is 0 Å². The minimum absolute atomic E-state index is 0.678. The van der Waals surface area contributed by atoms with Gasteiger partial charge < -0.3 is 5.32 Å². The zero-order valence-corrected chi connectivity index (χ0v) is 8.87. The van der Waals surface area contributed by atoms with E-state index in [0.717, 1.165) is 19.5 Å². The van der Waals surface area contributed by atoms with E-state index in [1.54, 1.807) is 0 Å². The van der Waals surface area contributed by atoms with E-state index in [4.69, 9.17) is 0 Å². The Balaban J connectivity index is 2.26. The van der Waals surface area contributed by atoms with Crippen LogP contribution in [0.1, 0.15) is 12.5 Å². The fourth-order valence-corrected chi connectivity index (χ4v) is 1.52. The molecule has 76 valence electrons. The van der Waals surface area contributed by atoms with Crippen LogP contribution in [0.2, 0.25) is 0 Å². The van der Waals surface area contributed by atoms with E-state index in [2.05, 4.69) is 49.2 Å². The average molecular weight is 189 g/mol. The van der Waals surface area contributed by atoms with E-state index in [9.17, 15) is 0 Å². The summed E-state index contributed by atoms with van der Waals surface area (Å²) in [6.07, 6.45) is 3.04. The van der Waals surface area contributed by atoms with Crippen molar-refractivity contribution in [3.8, 4) is 0 Å². The molecule has 1 rings (SSSR count). The smallest absolute Gasteiger partial charge is 0.0132 e. The molecule has 0 spiro atoms. The molecule has 0 fully saturated rings. The molecule has 0 aliphatic heterocycles. The Morgan fingerprint density at radius 3 is 2.71 bits per heavy atom. The monoisotopic (exact) mass is 189 g/mol. The minimum atomic E-state index is 0.678. The number of benzene rings is 1. The predicted molar refractivity (Wildman–Crippen MR) is 62.4 cm³/mol. The molecule has 1 atom stereocenters. The molecule has 14 heavy (non-hydrogen) atoms. The largest absolute Gasteiger partial charge is 0.313 e. The Morgan fingerprint density at radius 1 is 1.36 bits per heavy atom. The fraction of sp³-hybridized carbons (Fsp3) is 0.385. The first kappa shape index (κ1) is 11.0. The van der Waals surface area contributed by atoms with Gasteiger partial charge in [0.15, 0.2) is 0 Å². The van der Waals surface area contributed by atoms with Crippen molar-refractivity contribution in [2.75, 3.05) is 13.1 Å². The van der Waals surface area contributed by atoms with Crippen molar-refractivity contribution >= 4 is 0 Å². The fourth-order valence-electron chi connectivity index (χ4n) is 1.52. The van der Waals surface area contributed by atoms with Crippen LogP contribution in [0, 0.1) is 5.92 Å². The van der Waals surface area contributed by atoms with Gasteiger partial charge in [0.05, 0.1) is 0 Å². The highest BCUT2D eigenvalue weighted by molar-refractivity contribution is 5.15. The molecule has 1 heteroatoms. The molecule has 0 aliphatic rings. The van der Waals surface area contributed by atoms with Crippen molar-refractivity contribution in [2.24, 2.45) is 5.92 Å². The maximum Gasteiger partial charge on any atom is 0.0132 e. The number of rotatable bonds is 6. The van der Waals surface area contributed by atoms with Crippen molar-refractivity contribution in [1.29, 1.82) is 0 Å². The predicted octanol–water partition coefficient (Wildman–Crippen LogP) is 2.64. The van der Waals surface area contributed by atoms with Crippen molar-refractivity contribution in [3.05, 3.63) is 48.6 Å². The Morgan fingerprint density at radius 2 is 2.07 bits per heavy atom. The van der Waals surface area contributed by atoms with Gasteiger partial charge in [-0.15, -0.1) is 6.58 Å². The van der Waals surface area contributed by atoms with Crippen LogP contribution in [0.5, 0.6) is 0 Å². The van der Waals surface area contributed by atoms with E-state index in [0.29, 0.717) is 5.92 Å². The van der Waals surface area contributed by atoms with Gasteiger partial charge in [-0.05, 0) is 24.4 Å². The normalized spacial score (nSPS) is 12.4. The van der Waals surface area contributed by atoms with Gasteiger partial charge in [0.25, 0.3) is 0 Å². The van der Waals surface area contributed by atoms with Gasteiger partial charge in [-0.25, -0.2) is 0 Å². The second-order valence-electron chi connectivity index (χ2n) is 3.74. The van der Waals surface area contributed by atoms with Crippen LogP contribution in [0.3, 0.4) is 0 Å². The zero-order valence-electron chi connectivity index (χ0n) is 8.87. The Kier molecular flexibility index (Phi) is 5.02. The topological polar surface area (TPSA) is 12.0 Å². The summed E-state index contributed by atoms with van der Waals surface area (Å²) >= 11 is 0. The van der Waals surface area contributed by atoms with E-state index in [-0.39, 0.29) is 0 Å². The highest BCUT2D eigenvalue weighted by atomic mass is 14.8. The van der Waals surface area contributed by atoms with Crippen molar-refractivity contribution in [1.82, 2.24) is 5.32 Å². The lowest BCUT2D eigenvalue weighted by Crippen LogP contribution is -2.22. The summed E-state index contributed by atoms with van der Waals surface area (Å²) < 4.78 is 0. The van der Waals surface area contributed by atoms with Gasteiger partial charge in [0.1, 0.15) is 0 Å². The first-order chi connectivity index (χ1) is 6.83. The highest BCUT2D eigenvalue weighted by Gasteiger charge is 2.01. The quantitative estimate of drug-likeness (QED) is 0.536. The summed E-state index contributed by atoms with van der Waals surface area (Å²) in [6, 6.07) is 10.6. The molecule has 1 unspecified atom stereocenters. The minimum Gasteiger partial charge on any atom is -0.313 e. The molecule has 0 saturated heterocycles. The summed E-state index contributed by atoms with van der Waals surface area (Å²) in [5.41, 5.74) is 1.42. The standard InChI is InChI=1S/C13H19N/c1-3-9-14-11-12(2)10-13-7-5-4-6-8-13/h3-8,12,14H,1,9-11H2,2H3. The lowest BCUT2D eigenvalue weighted by atomic mass is 10.0. The molecule has 0 radical (unpaired) electrons. The van der Waals surface area contributed by atoms with Crippen molar-refractivity contribution in [3.63, 3.8) is 0 Å². The SMILES string of the molecule is C=CCNCC(C)Cc1ccccc1. The molecule has 1 aromatic rings. The molecule has 1 N–H and O–H groups in total.